The number of amides is 3. The first kappa shape index (κ1) is 29.5. The number of ether oxygens (including phenoxy) is 1. The molecule has 0 saturated carbocycles. The minimum Gasteiger partial charge on any atom is -0.375 e. The summed E-state index contributed by atoms with van der Waals surface area (Å²) in [6.45, 7) is 7.05. The van der Waals surface area contributed by atoms with Crippen molar-refractivity contribution in [1.29, 1.82) is 5.26 Å². The molecular weight excluding hydrogens is 474 g/mol. The Bertz CT molecular complexity index is 1140. The number of nitrogens with one attached hydrogen (secondary N) is 2. The maximum absolute atomic E-state index is 13.2. The molecular formula is C26H37N7O4. The van der Waals surface area contributed by atoms with E-state index >= 15 is 0 Å². The number of fused-ring (bicyclic) bond motifs is 1. The topological polar surface area (TPSA) is 133 Å². The molecule has 3 rings (SSSR count). The van der Waals surface area contributed by atoms with Crippen molar-refractivity contribution in [3.05, 3.63) is 35.5 Å². The average molecular weight is 512 g/mol. The second-order valence-corrected chi connectivity index (χ2v) is 8.51. The number of benzene rings is 1. The molecule has 2 aromatic rings. The van der Waals surface area contributed by atoms with E-state index in [2.05, 4.69) is 15.7 Å². The Kier molecular flexibility index (Phi) is 11.2. The summed E-state index contributed by atoms with van der Waals surface area (Å²) in [4.78, 5) is 41.0. The first-order chi connectivity index (χ1) is 17.8. The minimum absolute atomic E-state index is 0.0668. The summed E-state index contributed by atoms with van der Waals surface area (Å²) in [5, 5.41) is 19.4. The number of carbonyl (C=O) groups is 3. The predicted molar refractivity (Wildman–Crippen MR) is 141 cm³/mol. The molecule has 1 aromatic heterocycles. The number of rotatable bonds is 10. The first-order valence-electron chi connectivity index (χ1n) is 12.4. The van der Waals surface area contributed by atoms with Gasteiger partial charge in [-0.1, -0.05) is 26.0 Å². The molecule has 1 aromatic carbocycles. The number of methoxy groups -OCH3 is 1. The molecule has 0 aliphatic carbocycles. The van der Waals surface area contributed by atoms with Crippen molar-refractivity contribution < 1.29 is 19.1 Å². The number of nitrogens with zero attached hydrogens (tertiary/aromatic N) is 5. The molecule has 2 N–H and O–H groups in total. The molecule has 0 fully saturated rings. The highest BCUT2D eigenvalue weighted by Gasteiger charge is 2.33. The highest BCUT2D eigenvalue weighted by atomic mass is 16.5. The van der Waals surface area contributed by atoms with Crippen LogP contribution in [-0.2, 0) is 20.9 Å². The Balaban J connectivity index is 0.00000235. The van der Waals surface area contributed by atoms with Gasteiger partial charge in [0.05, 0.1) is 29.9 Å². The lowest BCUT2D eigenvalue weighted by molar-refractivity contribution is -0.130. The number of hydrogen-bond donors (Lipinski definition) is 2. The van der Waals surface area contributed by atoms with Crippen LogP contribution in [0.2, 0.25) is 0 Å². The van der Waals surface area contributed by atoms with Crippen LogP contribution in [0.25, 0.3) is 11.3 Å². The van der Waals surface area contributed by atoms with Crippen molar-refractivity contribution in [2.45, 2.75) is 39.8 Å². The Labute approximate surface area is 218 Å². The number of hydrogen-bond acceptors (Lipinski definition) is 7. The minimum atomic E-state index is -0.297. The number of carbonyl (C=O) groups excluding carboxylic acids is 3. The molecule has 11 heteroatoms. The fourth-order valence-electron chi connectivity index (χ4n) is 3.98. The Morgan fingerprint density at radius 3 is 2.68 bits per heavy atom. The Morgan fingerprint density at radius 1 is 1.30 bits per heavy atom. The van der Waals surface area contributed by atoms with Crippen LogP contribution in [0, 0.1) is 11.3 Å². The molecule has 0 radical (unpaired) electrons. The van der Waals surface area contributed by atoms with E-state index in [9.17, 15) is 14.4 Å². The molecule has 11 nitrogen and oxygen atoms in total. The van der Waals surface area contributed by atoms with Gasteiger partial charge in [0, 0.05) is 39.4 Å². The van der Waals surface area contributed by atoms with Gasteiger partial charge in [-0.2, -0.15) is 10.4 Å². The van der Waals surface area contributed by atoms with Crippen LogP contribution >= 0.6 is 0 Å². The van der Waals surface area contributed by atoms with Gasteiger partial charge in [-0.05, 0) is 31.7 Å². The van der Waals surface area contributed by atoms with E-state index in [4.69, 9.17) is 10.00 Å². The van der Waals surface area contributed by atoms with Crippen molar-refractivity contribution in [2.75, 3.05) is 52.8 Å². The van der Waals surface area contributed by atoms with Crippen LogP contribution in [-0.4, -0.2) is 84.7 Å². The zero-order chi connectivity index (χ0) is 27.5. The van der Waals surface area contributed by atoms with E-state index in [0.717, 1.165) is 5.56 Å². The molecule has 1 aliphatic heterocycles. The molecule has 0 saturated heterocycles. The summed E-state index contributed by atoms with van der Waals surface area (Å²) in [7, 11) is 4.91. The predicted octanol–water partition coefficient (Wildman–Crippen LogP) is 2.27. The number of anilines is 1. The molecule has 3 amide bonds. The highest BCUT2D eigenvalue weighted by Crippen LogP contribution is 2.32. The van der Waals surface area contributed by atoms with Crippen LogP contribution in [0.1, 0.15) is 49.3 Å². The lowest BCUT2D eigenvalue weighted by Gasteiger charge is -2.32. The zero-order valence-electron chi connectivity index (χ0n) is 22.5. The molecule has 1 atom stereocenters. The maximum Gasteiger partial charge on any atom is 0.272 e. The van der Waals surface area contributed by atoms with Gasteiger partial charge in [0.2, 0.25) is 11.8 Å². The Morgan fingerprint density at radius 2 is 2.03 bits per heavy atom. The van der Waals surface area contributed by atoms with E-state index in [1.807, 2.05) is 52.1 Å². The fraction of sp³-hybridized carbons (Fsp3) is 0.500. The Hall–Kier alpha value is -3.75. The zero-order valence-corrected chi connectivity index (χ0v) is 22.5. The molecule has 200 valence electrons. The van der Waals surface area contributed by atoms with Gasteiger partial charge in [-0.15, -0.1) is 0 Å². The highest BCUT2D eigenvalue weighted by molar-refractivity contribution is 5.99. The summed E-state index contributed by atoms with van der Waals surface area (Å²) >= 11 is 0. The third-order valence-corrected chi connectivity index (χ3v) is 5.75. The molecule has 2 heterocycles. The lowest BCUT2D eigenvalue weighted by Crippen LogP contribution is -2.47. The SMILES string of the molecule is CC.CNCc1ccc(-c2cc3n(n2)C(C)CN(CC(=O)N(C)CCC#N)C3=O)c(NC(=O)COC)c1. The van der Waals surface area contributed by atoms with Crippen LogP contribution in [0.15, 0.2) is 24.3 Å². The summed E-state index contributed by atoms with van der Waals surface area (Å²) < 4.78 is 6.60. The van der Waals surface area contributed by atoms with E-state index in [0.29, 0.717) is 42.3 Å². The monoisotopic (exact) mass is 511 g/mol. The molecule has 0 spiro atoms. The average Bonchev–Trinajstić information content (AvgIpc) is 3.33. The van der Waals surface area contributed by atoms with Crippen molar-refractivity contribution in [3.8, 4) is 17.3 Å². The lowest BCUT2D eigenvalue weighted by atomic mass is 10.1. The van der Waals surface area contributed by atoms with Crippen LogP contribution in [0.4, 0.5) is 5.69 Å². The molecule has 0 bridgehead atoms. The number of nitriles is 1. The fourth-order valence-corrected chi connectivity index (χ4v) is 3.98. The van der Waals surface area contributed by atoms with Gasteiger partial charge < -0.3 is 25.2 Å². The van der Waals surface area contributed by atoms with Gasteiger partial charge in [0.15, 0.2) is 0 Å². The summed E-state index contributed by atoms with van der Waals surface area (Å²) in [5.41, 5.74) is 3.14. The molecule has 37 heavy (non-hydrogen) atoms. The van der Waals surface area contributed by atoms with Gasteiger partial charge >= 0.3 is 0 Å². The smallest absolute Gasteiger partial charge is 0.272 e. The number of aromatic nitrogens is 2. The van der Waals surface area contributed by atoms with Crippen molar-refractivity contribution >= 4 is 23.4 Å². The van der Waals surface area contributed by atoms with Gasteiger partial charge in [-0.25, -0.2) is 0 Å². The van der Waals surface area contributed by atoms with Crippen LogP contribution in [0.5, 0.6) is 0 Å². The standard InChI is InChI=1S/C24H31N7O4.C2H6/c1-16-13-30(14-23(33)29(3)9-5-8-25)24(34)21-11-20(28-31(16)21)18-7-6-17(12-26-2)10-19(18)27-22(32)15-35-4;1-2/h6-7,10-11,16,26H,5,9,12-15H2,1-4H3,(H,27,32);1-2H3. The first-order valence-corrected chi connectivity index (χ1v) is 12.4. The van der Waals surface area contributed by atoms with E-state index in [-0.39, 0.29) is 43.3 Å². The maximum atomic E-state index is 13.2. The molecule has 1 unspecified atom stereocenters. The largest absolute Gasteiger partial charge is 0.375 e. The summed E-state index contributed by atoms with van der Waals surface area (Å²) in [6, 6.07) is 9.22. The van der Waals surface area contributed by atoms with Crippen molar-refractivity contribution in [1.82, 2.24) is 24.9 Å². The third kappa shape index (κ3) is 7.38. The van der Waals surface area contributed by atoms with Gasteiger partial charge in [0.1, 0.15) is 18.8 Å². The normalized spacial score (nSPS) is 14.2. The van der Waals surface area contributed by atoms with Crippen LogP contribution in [0.3, 0.4) is 0 Å². The van der Waals surface area contributed by atoms with Gasteiger partial charge in [-0.3, -0.25) is 19.1 Å². The quantitative estimate of drug-likeness (QED) is 0.500. The molecule has 1 aliphatic rings. The second-order valence-electron chi connectivity index (χ2n) is 8.51. The second kappa shape index (κ2) is 14.1. The van der Waals surface area contributed by atoms with E-state index in [1.54, 1.807) is 17.8 Å². The summed E-state index contributed by atoms with van der Waals surface area (Å²) in [5.74, 6) is -0.813. The van der Waals surface area contributed by atoms with E-state index in [1.165, 1.54) is 16.9 Å². The van der Waals surface area contributed by atoms with Crippen molar-refractivity contribution in [2.24, 2.45) is 0 Å². The number of likely N-dealkylation sites (N-methyl/N-ethyl adjacent to an activating group) is 1. The van der Waals surface area contributed by atoms with Gasteiger partial charge in [0.25, 0.3) is 5.91 Å². The van der Waals surface area contributed by atoms with Crippen molar-refractivity contribution in [3.63, 3.8) is 0 Å². The third-order valence-electron chi connectivity index (χ3n) is 5.75. The van der Waals surface area contributed by atoms with E-state index < -0.39 is 0 Å². The van der Waals surface area contributed by atoms with Crippen LogP contribution < -0.4 is 10.6 Å². The summed E-state index contributed by atoms with van der Waals surface area (Å²) in [6.07, 6.45) is 0.235.